The van der Waals surface area contributed by atoms with E-state index in [0.29, 0.717) is 24.3 Å². The molecule has 0 bridgehead atoms. The second kappa shape index (κ2) is 6.30. The third kappa shape index (κ3) is 2.86. The lowest BCUT2D eigenvalue weighted by molar-refractivity contribution is -0.134. The molecule has 130 valence electrons. The summed E-state index contributed by atoms with van der Waals surface area (Å²) in [4.78, 5) is 28.1. The number of nitrogens with zero attached hydrogens (tertiary/aromatic N) is 1. The van der Waals surface area contributed by atoms with E-state index in [4.69, 9.17) is 4.74 Å². The van der Waals surface area contributed by atoms with E-state index in [1.54, 1.807) is 11.3 Å². The molecule has 25 heavy (non-hydrogen) atoms. The molecule has 1 aliphatic carbocycles. The Kier molecular flexibility index (Phi) is 4.12. The Morgan fingerprint density at radius 1 is 1.36 bits per heavy atom. The Bertz CT molecular complexity index is 855. The number of Topliss-reactive ketones (excluding diaryl/α,β-unsaturated/α-hetero) is 1. The molecule has 0 saturated carbocycles. The number of rotatable bonds is 3. The van der Waals surface area contributed by atoms with Crippen LogP contribution in [0.1, 0.15) is 51.2 Å². The first kappa shape index (κ1) is 16.3. The minimum atomic E-state index is -0.0235. The van der Waals surface area contributed by atoms with Crippen molar-refractivity contribution in [2.75, 3.05) is 13.2 Å². The Morgan fingerprint density at radius 2 is 2.20 bits per heavy atom. The van der Waals surface area contributed by atoms with Crippen molar-refractivity contribution < 1.29 is 14.3 Å². The number of carbonyl (C=O) groups excluding carboxylic acids is 2. The Balaban J connectivity index is 1.48. The number of aryl methyl sites for hydroxylation is 1. The largest absolute Gasteiger partial charge is 0.483 e. The van der Waals surface area contributed by atoms with Crippen molar-refractivity contribution in [1.82, 2.24) is 4.90 Å². The molecule has 0 fully saturated rings. The van der Waals surface area contributed by atoms with Crippen LogP contribution in [0.25, 0.3) is 0 Å². The highest BCUT2D eigenvalue weighted by molar-refractivity contribution is 7.10. The maximum Gasteiger partial charge on any atom is 0.260 e. The van der Waals surface area contributed by atoms with Crippen molar-refractivity contribution in [2.24, 2.45) is 0 Å². The summed E-state index contributed by atoms with van der Waals surface area (Å²) >= 11 is 1.76. The van der Waals surface area contributed by atoms with Crippen molar-refractivity contribution in [1.29, 1.82) is 0 Å². The monoisotopic (exact) mass is 355 g/mol. The molecule has 0 spiro atoms. The molecule has 1 unspecified atom stereocenters. The van der Waals surface area contributed by atoms with Crippen molar-refractivity contribution in [3.05, 3.63) is 50.7 Å². The van der Waals surface area contributed by atoms with E-state index in [1.807, 2.05) is 24.0 Å². The number of fused-ring (bicyclic) bond motifs is 2. The highest BCUT2D eigenvalue weighted by Crippen LogP contribution is 2.40. The first-order valence-electron chi connectivity index (χ1n) is 8.67. The Morgan fingerprint density at radius 3 is 3.04 bits per heavy atom. The molecule has 4 nitrogen and oxygen atoms in total. The first-order chi connectivity index (χ1) is 12.0. The van der Waals surface area contributed by atoms with Gasteiger partial charge in [0.05, 0.1) is 5.56 Å². The maximum atomic E-state index is 12.5. The van der Waals surface area contributed by atoms with Gasteiger partial charge in [-0.2, -0.15) is 0 Å². The third-order valence-electron chi connectivity index (χ3n) is 5.20. The minimum Gasteiger partial charge on any atom is -0.483 e. The van der Waals surface area contributed by atoms with Crippen LogP contribution in [-0.4, -0.2) is 29.7 Å². The summed E-state index contributed by atoms with van der Waals surface area (Å²) in [6, 6.07) is 5.89. The second-order valence-corrected chi connectivity index (χ2v) is 7.92. The van der Waals surface area contributed by atoms with Crippen LogP contribution >= 0.6 is 11.3 Å². The lowest BCUT2D eigenvalue weighted by Gasteiger charge is -2.27. The van der Waals surface area contributed by atoms with Gasteiger partial charge in [0.1, 0.15) is 5.75 Å². The highest BCUT2D eigenvalue weighted by Gasteiger charge is 2.31. The average molecular weight is 355 g/mol. The molecule has 0 saturated heterocycles. The fraction of sp³-hybridized carbons (Fsp3) is 0.400. The van der Waals surface area contributed by atoms with Gasteiger partial charge in [0.2, 0.25) is 0 Å². The van der Waals surface area contributed by atoms with Crippen LogP contribution in [0.3, 0.4) is 0 Å². The van der Waals surface area contributed by atoms with Gasteiger partial charge < -0.3 is 9.64 Å². The summed E-state index contributed by atoms with van der Waals surface area (Å²) in [7, 11) is 0. The van der Waals surface area contributed by atoms with Crippen molar-refractivity contribution in [3.63, 3.8) is 0 Å². The lowest BCUT2D eigenvalue weighted by atomic mass is 9.97. The number of hydrogen-bond donors (Lipinski definition) is 0. The Hall–Kier alpha value is -2.14. The lowest BCUT2D eigenvalue weighted by Crippen LogP contribution is -2.38. The van der Waals surface area contributed by atoms with Gasteiger partial charge in [0.15, 0.2) is 12.4 Å². The molecular formula is C20H21NO3S. The van der Waals surface area contributed by atoms with Crippen molar-refractivity contribution in [2.45, 2.75) is 39.2 Å². The maximum absolute atomic E-state index is 12.5. The van der Waals surface area contributed by atoms with Gasteiger partial charge in [-0.1, -0.05) is 13.0 Å². The summed E-state index contributed by atoms with van der Waals surface area (Å²) in [6.07, 6.45) is 1.44. The zero-order valence-corrected chi connectivity index (χ0v) is 15.3. The predicted molar refractivity (Wildman–Crippen MR) is 97.5 cm³/mol. The van der Waals surface area contributed by atoms with E-state index in [1.165, 1.54) is 10.4 Å². The molecule has 1 atom stereocenters. The molecule has 0 N–H and O–H groups in total. The van der Waals surface area contributed by atoms with Gasteiger partial charge >= 0.3 is 0 Å². The van der Waals surface area contributed by atoms with Crippen LogP contribution in [0.15, 0.2) is 23.6 Å². The predicted octanol–water partition coefficient (Wildman–Crippen LogP) is 3.71. The second-order valence-electron chi connectivity index (χ2n) is 6.92. The summed E-state index contributed by atoms with van der Waals surface area (Å²) in [5, 5.41) is 2.08. The van der Waals surface area contributed by atoms with E-state index in [0.717, 1.165) is 24.1 Å². The topological polar surface area (TPSA) is 46.6 Å². The minimum absolute atomic E-state index is 0.0172. The van der Waals surface area contributed by atoms with Crippen LogP contribution in [-0.2, 0) is 17.8 Å². The molecule has 4 rings (SSSR count). The number of benzene rings is 1. The van der Waals surface area contributed by atoms with Crippen LogP contribution in [0.4, 0.5) is 0 Å². The zero-order valence-electron chi connectivity index (χ0n) is 14.5. The number of ketones is 1. The van der Waals surface area contributed by atoms with Crippen LogP contribution in [0.5, 0.6) is 5.75 Å². The van der Waals surface area contributed by atoms with E-state index < -0.39 is 0 Å². The zero-order chi connectivity index (χ0) is 17.6. The summed E-state index contributed by atoms with van der Waals surface area (Å²) in [5.41, 5.74) is 4.12. The van der Waals surface area contributed by atoms with Crippen LogP contribution < -0.4 is 4.74 Å². The van der Waals surface area contributed by atoms with Gasteiger partial charge in [0.25, 0.3) is 5.91 Å². The summed E-state index contributed by atoms with van der Waals surface area (Å²) in [6.45, 7) is 5.46. The smallest absolute Gasteiger partial charge is 0.260 e. The SMILES string of the molecule is Cc1ccc(OCC(=O)N2CCc3sccc3C2)c2c1C(C)CC2=O. The normalized spacial score (nSPS) is 18.9. The number of thiophene rings is 1. The molecule has 5 heteroatoms. The molecule has 0 radical (unpaired) electrons. The molecule has 2 aliphatic rings. The van der Waals surface area contributed by atoms with Gasteiger partial charge in [-0.15, -0.1) is 11.3 Å². The van der Waals surface area contributed by atoms with E-state index >= 15 is 0 Å². The van der Waals surface area contributed by atoms with Crippen molar-refractivity contribution in [3.8, 4) is 5.75 Å². The molecular weight excluding hydrogens is 334 g/mol. The van der Waals surface area contributed by atoms with Crippen LogP contribution in [0.2, 0.25) is 0 Å². The van der Waals surface area contributed by atoms with E-state index in [2.05, 4.69) is 18.4 Å². The molecule has 1 amide bonds. The summed E-state index contributed by atoms with van der Waals surface area (Å²) < 4.78 is 5.80. The van der Waals surface area contributed by atoms with E-state index in [-0.39, 0.29) is 24.2 Å². The third-order valence-corrected chi connectivity index (χ3v) is 6.22. The molecule has 1 aromatic carbocycles. The van der Waals surface area contributed by atoms with Crippen LogP contribution in [0, 0.1) is 6.92 Å². The molecule has 1 aliphatic heterocycles. The summed E-state index contributed by atoms with van der Waals surface area (Å²) in [5.74, 6) is 0.872. The fourth-order valence-corrected chi connectivity index (χ4v) is 4.81. The highest BCUT2D eigenvalue weighted by atomic mass is 32.1. The Labute approximate surface area is 151 Å². The van der Waals surface area contributed by atoms with E-state index in [9.17, 15) is 9.59 Å². The first-order valence-corrected chi connectivity index (χ1v) is 9.55. The average Bonchev–Trinajstić information content (AvgIpc) is 3.18. The number of hydrogen-bond acceptors (Lipinski definition) is 4. The molecule has 2 heterocycles. The van der Waals surface area contributed by atoms with Gasteiger partial charge in [-0.25, -0.2) is 0 Å². The van der Waals surface area contributed by atoms with Gasteiger partial charge in [-0.3, -0.25) is 9.59 Å². The number of amides is 1. The number of ether oxygens (including phenoxy) is 1. The quantitative estimate of drug-likeness (QED) is 0.843. The number of carbonyl (C=O) groups is 2. The van der Waals surface area contributed by atoms with Gasteiger partial charge in [-0.05, 0) is 53.5 Å². The molecule has 2 aromatic rings. The molecule has 1 aromatic heterocycles. The van der Waals surface area contributed by atoms with Gasteiger partial charge in [0, 0.05) is 24.4 Å². The van der Waals surface area contributed by atoms with Crippen molar-refractivity contribution >= 4 is 23.0 Å². The standard InChI is InChI=1S/C20H21NO3S/c1-12-3-4-16(20-15(22)9-13(2)19(12)20)24-11-18(23)21-7-5-17-14(10-21)6-8-25-17/h3-4,6,8,13H,5,7,9-11H2,1-2H3. The fourth-order valence-electron chi connectivity index (χ4n) is 3.92.